The minimum Gasteiger partial charge on any atom is -0.295 e. The van der Waals surface area contributed by atoms with E-state index in [4.69, 9.17) is 11.6 Å². The van der Waals surface area contributed by atoms with Gasteiger partial charge < -0.3 is 0 Å². The summed E-state index contributed by atoms with van der Waals surface area (Å²) in [4.78, 5) is 9.17. The quantitative estimate of drug-likeness (QED) is 0.913. The summed E-state index contributed by atoms with van der Waals surface area (Å²) >= 11 is 6.33. The molecule has 2 aromatic rings. The largest absolute Gasteiger partial charge is 0.295 e. The fourth-order valence-corrected chi connectivity index (χ4v) is 3.05. The van der Waals surface area contributed by atoms with Crippen molar-refractivity contribution in [3.05, 3.63) is 28.1 Å². The highest BCUT2D eigenvalue weighted by atomic mass is 35.5. The second kappa shape index (κ2) is 6.36. The van der Waals surface area contributed by atoms with Gasteiger partial charge >= 0.3 is 0 Å². The average molecular weight is 324 g/mol. The molecule has 120 valence electrons. The van der Waals surface area contributed by atoms with Gasteiger partial charge in [-0.3, -0.25) is 19.6 Å². The fraction of sp³-hybridized carbons (Fsp3) is 0.643. The van der Waals surface area contributed by atoms with Crippen molar-refractivity contribution in [1.29, 1.82) is 0 Å². The highest BCUT2D eigenvalue weighted by molar-refractivity contribution is 6.31. The summed E-state index contributed by atoms with van der Waals surface area (Å²) in [7, 11) is 1.95. The van der Waals surface area contributed by atoms with E-state index in [0.717, 1.165) is 67.3 Å². The van der Waals surface area contributed by atoms with Gasteiger partial charge in [0.15, 0.2) is 5.82 Å². The van der Waals surface area contributed by atoms with Gasteiger partial charge in [-0.1, -0.05) is 11.6 Å². The number of nitrogens with zero attached hydrogens (tertiary/aromatic N) is 6. The van der Waals surface area contributed by atoms with Gasteiger partial charge in [0.2, 0.25) is 0 Å². The number of aryl methyl sites for hydroxylation is 3. The molecule has 0 aliphatic carbocycles. The number of aromatic nitrogens is 5. The van der Waals surface area contributed by atoms with E-state index in [1.165, 1.54) is 0 Å². The highest BCUT2D eigenvalue weighted by Crippen LogP contribution is 2.21. The monoisotopic (exact) mass is 323 g/mol. The average Bonchev–Trinajstić information content (AvgIpc) is 2.99. The fourth-order valence-electron chi connectivity index (χ4n) is 2.83. The van der Waals surface area contributed by atoms with Crippen LogP contribution in [0.15, 0.2) is 0 Å². The van der Waals surface area contributed by atoms with Crippen LogP contribution in [0.1, 0.15) is 23.0 Å². The molecule has 0 unspecified atom stereocenters. The number of piperazine rings is 1. The van der Waals surface area contributed by atoms with Crippen LogP contribution in [0.25, 0.3) is 0 Å². The Morgan fingerprint density at radius 1 is 1.09 bits per heavy atom. The Labute approximate surface area is 135 Å². The van der Waals surface area contributed by atoms with Gasteiger partial charge in [-0.2, -0.15) is 10.2 Å². The minimum absolute atomic E-state index is 0.793. The number of rotatable bonds is 4. The Morgan fingerprint density at radius 2 is 1.73 bits per heavy atom. The maximum absolute atomic E-state index is 6.33. The van der Waals surface area contributed by atoms with Crippen LogP contribution in [-0.4, -0.2) is 60.9 Å². The van der Waals surface area contributed by atoms with Crippen molar-refractivity contribution in [2.75, 3.05) is 26.2 Å². The van der Waals surface area contributed by atoms with Crippen LogP contribution < -0.4 is 0 Å². The van der Waals surface area contributed by atoms with Crippen molar-refractivity contribution in [3.8, 4) is 0 Å². The standard InChI is InChI=1S/C14H22ClN7/c1-10-14(15)12(20(3)19-10)8-21-4-6-22(7-5-21)9-13-16-11(2)17-18-13/h4-9H2,1-3H3,(H,16,17,18). The van der Waals surface area contributed by atoms with Gasteiger partial charge in [0.05, 0.1) is 23.0 Å². The van der Waals surface area contributed by atoms with E-state index in [2.05, 4.69) is 30.1 Å². The molecular weight excluding hydrogens is 302 g/mol. The number of aromatic amines is 1. The van der Waals surface area contributed by atoms with Crippen LogP contribution in [0.2, 0.25) is 5.02 Å². The van der Waals surface area contributed by atoms with Crippen molar-refractivity contribution in [3.63, 3.8) is 0 Å². The number of halogens is 1. The Kier molecular flexibility index (Phi) is 4.46. The smallest absolute Gasteiger partial charge is 0.164 e. The molecule has 8 heteroatoms. The molecule has 0 aromatic carbocycles. The molecule has 0 bridgehead atoms. The molecule has 1 aliphatic heterocycles. The lowest BCUT2D eigenvalue weighted by atomic mass is 10.2. The van der Waals surface area contributed by atoms with E-state index >= 15 is 0 Å². The molecule has 22 heavy (non-hydrogen) atoms. The molecule has 0 amide bonds. The molecule has 3 rings (SSSR count). The summed E-state index contributed by atoms with van der Waals surface area (Å²) in [5.41, 5.74) is 2.00. The van der Waals surface area contributed by atoms with Crippen molar-refractivity contribution in [2.24, 2.45) is 7.05 Å². The normalized spacial score (nSPS) is 17.3. The molecule has 1 N–H and O–H groups in total. The third-order valence-corrected chi connectivity index (χ3v) is 4.60. The lowest BCUT2D eigenvalue weighted by Crippen LogP contribution is -2.45. The second-order valence-electron chi connectivity index (χ2n) is 5.86. The van der Waals surface area contributed by atoms with Crippen LogP contribution >= 0.6 is 11.6 Å². The van der Waals surface area contributed by atoms with Crippen molar-refractivity contribution >= 4 is 11.6 Å². The lowest BCUT2D eigenvalue weighted by Gasteiger charge is -2.34. The van der Waals surface area contributed by atoms with Crippen molar-refractivity contribution in [1.82, 2.24) is 34.8 Å². The second-order valence-corrected chi connectivity index (χ2v) is 6.24. The molecule has 0 radical (unpaired) electrons. The SMILES string of the molecule is Cc1nc(CN2CCN(Cc3c(Cl)c(C)nn3C)CC2)n[nH]1. The van der Waals surface area contributed by atoms with E-state index in [1.54, 1.807) is 0 Å². The van der Waals surface area contributed by atoms with Gasteiger partial charge in [-0.05, 0) is 13.8 Å². The third kappa shape index (κ3) is 3.31. The molecule has 1 saturated heterocycles. The first-order valence-electron chi connectivity index (χ1n) is 7.53. The van der Waals surface area contributed by atoms with Crippen LogP contribution in [-0.2, 0) is 20.1 Å². The first kappa shape index (κ1) is 15.5. The molecule has 0 saturated carbocycles. The summed E-state index contributed by atoms with van der Waals surface area (Å²) in [5.74, 6) is 1.74. The van der Waals surface area contributed by atoms with Gasteiger partial charge in [0.1, 0.15) is 5.82 Å². The number of hydrogen-bond donors (Lipinski definition) is 1. The topological polar surface area (TPSA) is 65.9 Å². The summed E-state index contributed by atoms with van der Waals surface area (Å²) in [6.45, 7) is 9.60. The number of hydrogen-bond acceptors (Lipinski definition) is 5. The molecule has 1 aliphatic rings. The molecular formula is C14H22ClN7. The van der Waals surface area contributed by atoms with E-state index in [9.17, 15) is 0 Å². The maximum Gasteiger partial charge on any atom is 0.164 e. The van der Waals surface area contributed by atoms with Gasteiger partial charge in [0, 0.05) is 39.8 Å². The first-order chi connectivity index (χ1) is 10.5. The number of nitrogens with one attached hydrogen (secondary N) is 1. The van der Waals surface area contributed by atoms with Crippen LogP contribution in [0.5, 0.6) is 0 Å². The third-order valence-electron chi connectivity index (χ3n) is 4.11. The predicted molar refractivity (Wildman–Crippen MR) is 84.6 cm³/mol. The molecule has 0 atom stereocenters. The van der Waals surface area contributed by atoms with Gasteiger partial charge in [-0.15, -0.1) is 0 Å². The van der Waals surface area contributed by atoms with Gasteiger partial charge in [0.25, 0.3) is 0 Å². The van der Waals surface area contributed by atoms with Crippen LogP contribution in [0, 0.1) is 13.8 Å². The Bertz CT molecular complexity index is 640. The van der Waals surface area contributed by atoms with Crippen molar-refractivity contribution < 1.29 is 0 Å². The molecule has 3 heterocycles. The summed E-state index contributed by atoms with van der Waals surface area (Å²) in [5, 5.41) is 12.3. The zero-order valence-corrected chi connectivity index (χ0v) is 14.1. The summed E-state index contributed by atoms with van der Waals surface area (Å²) in [6.07, 6.45) is 0. The van der Waals surface area contributed by atoms with E-state index < -0.39 is 0 Å². The molecule has 1 fully saturated rings. The Balaban J connectivity index is 1.53. The minimum atomic E-state index is 0.793. The number of H-pyrrole nitrogens is 1. The van der Waals surface area contributed by atoms with E-state index in [1.807, 2.05) is 25.6 Å². The summed E-state index contributed by atoms with van der Waals surface area (Å²) < 4.78 is 1.89. The zero-order chi connectivity index (χ0) is 15.7. The van der Waals surface area contributed by atoms with E-state index in [0.29, 0.717) is 0 Å². The first-order valence-corrected chi connectivity index (χ1v) is 7.91. The Morgan fingerprint density at radius 3 is 2.23 bits per heavy atom. The highest BCUT2D eigenvalue weighted by Gasteiger charge is 2.21. The van der Waals surface area contributed by atoms with Crippen molar-refractivity contribution in [2.45, 2.75) is 26.9 Å². The van der Waals surface area contributed by atoms with Gasteiger partial charge in [-0.25, -0.2) is 4.98 Å². The summed E-state index contributed by atoms with van der Waals surface area (Å²) in [6, 6.07) is 0. The Hall–Kier alpha value is -1.44. The zero-order valence-electron chi connectivity index (χ0n) is 13.3. The lowest BCUT2D eigenvalue weighted by molar-refractivity contribution is 0.118. The van der Waals surface area contributed by atoms with E-state index in [-0.39, 0.29) is 0 Å². The molecule has 0 spiro atoms. The van der Waals surface area contributed by atoms with Crippen LogP contribution in [0.3, 0.4) is 0 Å². The molecule has 2 aromatic heterocycles. The molecule has 7 nitrogen and oxygen atoms in total. The maximum atomic E-state index is 6.33. The predicted octanol–water partition coefficient (Wildman–Crippen LogP) is 1.13. The van der Waals surface area contributed by atoms with Crippen LogP contribution in [0.4, 0.5) is 0 Å².